The molecule has 0 aliphatic carbocycles. The van der Waals surface area contributed by atoms with Crippen molar-refractivity contribution in [3.05, 3.63) is 70.5 Å². The highest BCUT2D eigenvalue weighted by atomic mass is 35.5. The third kappa shape index (κ3) is 4.13. The summed E-state index contributed by atoms with van der Waals surface area (Å²) in [5, 5.41) is 3.98. The zero-order valence-electron chi connectivity index (χ0n) is 13.3. The number of rotatable bonds is 4. The first-order valence-corrected chi connectivity index (χ1v) is 8.51. The van der Waals surface area contributed by atoms with Gasteiger partial charge in [0.15, 0.2) is 0 Å². The average Bonchev–Trinajstić information content (AvgIpc) is 2.61. The number of nitrogens with one attached hydrogen (secondary N) is 1. The molecule has 1 aliphatic rings. The van der Waals surface area contributed by atoms with Crippen LogP contribution in [0, 0.1) is 5.82 Å². The van der Waals surface area contributed by atoms with Crippen molar-refractivity contribution in [3.8, 4) is 0 Å². The molecule has 3 nitrogen and oxygen atoms in total. The van der Waals surface area contributed by atoms with E-state index in [4.69, 9.17) is 11.6 Å². The van der Waals surface area contributed by atoms with E-state index in [1.165, 1.54) is 12.1 Å². The molecule has 1 unspecified atom stereocenters. The van der Waals surface area contributed by atoms with Crippen LogP contribution in [0.3, 0.4) is 0 Å². The molecule has 1 N–H and O–H groups in total. The number of benzene rings is 2. The van der Waals surface area contributed by atoms with Gasteiger partial charge >= 0.3 is 0 Å². The van der Waals surface area contributed by atoms with Gasteiger partial charge in [-0.05, 0) is 41.8 Å². The molecule has 1 fully saturated rings. The third-order valence-corrected chi connectivity index (χ3v) is 4.59. The minimum absolute atomic E-state index is 0.0979. The van der Waals surface area contributed by atoms with Crippen LogP contribution in [0.2, 0.25) is 5.02 Å². The molecule has 5 heteroatoms. The van der Waals surface area contributed by atoms with E-state index in [9.17, 15) is 9.18 Å². The molecule has 24 heavy (non-hydrogen) atoms. The van der Waals surface area contributed by atoms with Crippen LogP contribution in [0.4, 0.5) is 4.39 Å². The van der Waals surface area contributed by atoms with Crippen molar-refractivity contribution in [1.82, 2.24) is 10.2 Å². The molecule has 2 aromatic rings. The highest BCUT2D eigenvalue weighted by Crippen LogP contribution is 2.24. The number of amides is 1. The van der Waals surface area contributed by atoms with Gasteiger partial charge < -0.3 is 10.2 Å². The number of carbonyl (C=O) groups excluding carboxylic acids is 1. The Morgan fingerprint density at radius 1 is 1.25 bits per heavy atom. The van der Waals surface area contributed by atoms with Gasteiger partial charge in [-0.2, -0.15) is 0 Å². The van der Waals surface area contributed by atoms with Crippen molar-refractivity contribution >= 4 is 17.5 Å². The van der Waals surface area contributed by atoms with Gasteiger partial charge in [0.25, 0.3) is 0 Å². The maximum Gasteiger partial charge on any atom is 0.223 e. The van der Waals surface area contributed by atoms with E-state index in [2.05, 4.69) is 5.32 Å². The van der Waals surface area contributed by atoms with E-state index < -0.39 is 0 Å². The quantitative estimate of drug-likeness (QED) is 0.917. The molecule has 0 saturated carbocycles. The predicted octanol–water partition coefficient (Wildman–Crippen LogP) is 3.58. The Morgan fingerprint density at radius 3 is 2.79 bits per heavy atom. The van der Waals surface area contributed by atoms with Gasteiger partial charge in [0, 0.05) is 31.1 Å². The zero-order chi connectivity index (χ0) is 16.9. The standard InChI is InChI=1S/C19H20ClFN2O/c20-16-7-4-14(5-8-16)6-9-19(24)23-11-10-22-13-18(23)15-2-1-3-17(21)12-15/h1-5,7-8,12,18,22H,6,9-11,13H2. The van der Waals surface area contributed by atoms with Crippen LogP contribution in [0.25, 0.3) is 0 Å². The molecule has 0 spiro atoms. The van der Waals surface area contributed by atoms with Gasteiger partial charge in [-0.1, -0.05) is 35.9 Å². The Balaban J connectivity index is 1.68. The number of nitrogens with zero attached hydrogens (tertiary/aromatic N) is 1. The largest absolute Gasteiger partial charge is 0.333 e. The second kappa shape index (κ2) is 7.77. The number of piperazine rings is 1. The summed E-state index contributed by atoms with van der Waals surface area (Å²) in [5.41, 5.74) is 1.92. The van der Waals surface area contributed by atoms with Crippen LogP contribution in [-0.4, -0.2) is 30.4 Å². The Hall–Kier alpha value is -1.91. The number of hydrogen-bond donors (Lipinski definition) is 1. The van der Waals surface area contributed by atoms with Gasteiger partial charge in [0.05, 0.1) is 6.04 Å². The maximum atomic E-state index is 13.5. The minimum Gasteiger partial charge on any atom is -0.333 e. The summed E-state index contributed by atoms with van der Waals surface area (Å²) < 4.78 is 13.5. The zero-order valence-corrected chi connectivity index (χ0v) is 14.1. The molecule has 1 saturated heterocycles. The second-order valence-electron chi connectivity index (χ2n) is 5.99. The Labute approximate surface area is 146 Å². The van der Waals surface area contributed by atoms with Gasteiger partial charge in [-0.3, -0.25) is 4.79 Å². The first-order chi connectivity index (χ1) is 11.6. The molecular formula is C19H20ClFN2O. The predicted molar refractivity (Wildman–Crippen MR) is 93.5 cm³/mol. The van der Waals surface area contributed by atoms with Crippen LogP contribution in [-0.2, 0) is 11.2 Å². The van der Waals surface area contributed by atoms with Crippen molar-refractivity contribution in [2.24, 2.45) is 0 Å². The van der Waals surface area contributed by atoms with Gasteiger partial charge in [0.2, 0.25) is 5.91 Å². The Morgan fingerprint density at radius 2 is 2.04 bits per heavy atom. The van der Waals surface area contributed by atoms with Gasteiger partial charge in [0.1, 0.15) is 5.82 Å². The molecule has 0 bridgehead atoms. The van der Waals surface area contributed by atoms with Crippen molar-refractivity contribution in [2.75, 3.05) is 19.6 Å². The highest BCUT2D eigenvalue weighted by Gasteiger charge is 2.27. The molecule has 3 rings (SSSR count). The fourth-order valence-electron chi connectivity index (χ4n) is 3.06. The fourth-order valence-corrected chi connectivity index (χ4v) is 3.19. The van der Waals surface area contributed by atoms with E-state index in [-0.39, 0.29) is 17.8 Å². The number of halogens is 2. The number of hydrogen-bond acceptors (Lipinski definition) is 2. The lowest BCUT2D eigenvalue weighted by molar-refractivity contribution is -0.134. The van der Waals surface area contributed by atoms with Crippen LogP contribution >= 0.6 is 11.6 Å². The van der Waals surface area contributed by atoms with Crippen LogP contribution in [0.1, 0.15) is 23.6 Å². The van der Waals surface area contributed by atoms with Crippen molar-refractivity contribution in [3.63, 3.8) is 0 Å². The fraction of sp³-hybridized carbons (Fsp3) is 0.316. The SMILES string of the molecule is O=C(CCc1ccc(Cl)cc1)N1CCNCC1c1cccc(F)c1. The minimum atomic E-state index is -0.272. The third-order valence-electron chi connectivity index (χ3n) is 4.34. The summed E-state index contributed by atoms with van der Waals surface area (Å²) in [6, 6.07) is 13.9. The first kappa shape index (κ1) is 16.9. The Bertz CT molecular complexity index is 705. The molecular weight excluding hydrogens is 327 g/mol. The summed E-state index contributed by atoms with van der Waals surface area (Å²) in [7, 11) is 0. The summed E-state index contributed by atoms with van der Waals surface area (Å²) >= 11 is 5.88. The average molecular weight is 347 g/mol. The number of carbonyl (C=O) groups is 1. The van der Waals surface area contributed by atoms with Crippen LogP contribution < -0.4 is 5.32 Å². The molecule has 0 radical (unpaired) electrons. The first-order valence-electron chi connectivity index (χ1n) is 8.13. The lowest BCUT2D eigenvalue weighted by Gasteiger charge is -2.36. The topological polar surface area (TPSA) is 32.3 Å². The molecule has 2 aromatic carbocycles. The van der Waals surface area contributed by atoms with Crippen LogP contribution in [0.15, 0.2) is 48.5 Å². The van der Waals surface area contributed by atoms with Gasteiger partial charge in [-0.25, -0.2) is 4.39 Å². The second-order valence-corrected chi connectivity index (χ2v) is 6.42. The highest BCUT2D eigenvalue weighted by molar-refractivity contribution is 6.30. The van der Waals surface area contributed by atoms with E-state index in [1.807, 2.05) is 35.2 Å². The van der Waals surface area contributed by atoms with Crippen molar-refractivity contribution < 1.29 is 9.18 Å². The number of aryl methyl sites for hydroxylation is 1. The summed E-state index contributed by atoms with van der Waals surface area (Å²) in [5.74, 6) is -0.174. The van der Waals surface area contributed by atoms with Gasteiger partial charge in [-0.15, -0.1) is 0 Å². The van der Waals surface area contributed by atoms with E-state index in [0.29, 0.717) is 31.0 Å². The van der Waals surface area contributed by atoms with E-state index in [1.54, 1.807) is 6.07 Å². The van der Waals surface area contributed by atoms with E-state index >= 15 is 0 Å². The molecule has 1 aliphatic heterocycles. The molecule has 0 aromatic heterocycles. The summed E-state index contributed by atoms with van der Waals surface area (Å²) in [4.78, 5) is 14.5. The normalized spacial score (nSPS) is 17.8. The van der Waals surface area contributed by atoms with Crippen LogP contribution in [0.5, 0.6) is 0 Å². The lowest BCUT2D eigenvalue weighted by atomic mass is 10.0. The molecule has 1 atom stereocenters. The smallest absolute Gasteiger partial charge is 0.223 e. The summed E-state index contributed by atoms with van der Waals surface area (Å²) in [6.07, 6.45) is 1.11. The molecule has 126 valence electrons. The molecule has 1 heterocycles. The summed E-state index contributed by atoms with van der Waals surface area (Å²) in [6.45, 7) is 2.05. The lowest BCUT2D eigenvalue weighted by Crippen LogP contribution is -2.48. The molecule has 1 amide bonds. The van der Waals surface area contributed by atoms with E-state index in [0.717, 1.165) is 17.7 Å². The maximum absolute atomic E-state index is 13.5. The monoisotopic (exact) mass is 346 g/mol. The van der Waals surface area contributed by atoms with Crippen molar-refractivity contribution in [2.45, 2.75) is 18.9 Å². The Kier molecular flexibility index (Phi) is 5.48. The van der Waals surface area contributed by atoms with Crippen molar-refractivity contribution in [1.29, 1.82) is 0 Å².